The van der Waals surface area contributed by atoms with Crippen LogP contribution < -0.4 is 5.32 Å². The van der Waals surface area contributed by atoms with Gasteiger partial charge >= 0.3 is 5.97 Å². The van der Waals surface area contributed by atoms with Crippen LogP contribution in [0.2, 0.25) is 0 Å². The third-order valence-corrected chi connectivity index (χ3v) is 3.96. The van der Waals surface area contributed by atoms with Crippen LogP contribution in [0, 0.1) is 5.92 Å². The van der Waals surface area contributed by atoms with E-state index in [0.29, 0.717) is 11.4 Å². The number of aromatic hydroxyl groups is 1. The molecule has 1 aliphatic rings. The van der Waals surface area contributed by atoms with Gasteiger partial charge in [0.2, 0.25) is 0 Å². The van der Waals surface area contributed by atoms with Crippen LogP contribution in [0.3, 0.4) is 0 Å². The monoisotopic (exact) mass is 289 g/mol. The summed E-state index contributed by atoms with van der Waals surface area (Å²) in [5, 5.41) is 13.4. The Morgan fingerprint density at radius 2 is 2.48 bits per heavy atom. The molecule has 0 spiro atoms. The van der Waals surface area contributed by atoms with Gasteiger partial charge in [-0.1, -0.05) is 0 Å². The van der Waals surface area contributed by atoms with Crippen molar-refractivity contribution in [3.05, 3.63) is 29.8 Å². The number of carbonyl (C=O) groups excluding carboxylic acids is 1. The fraction of sp³-hybridized carbons (Fsp3) is 0.467. The van der Waals surface area contributed by atoms with E-state index in [2.05, 4.69) is 10.3 Å². The van der Waals surface area contributed by atoms with E-state index < -0.39 is 5.97 Å². The highest BCUT2D eigenvalue weighted by Gasteiger charge is 2.23. The van der Waals surface area contributed by atoms with Crippen LogP contribution in [-0.4, -0.2) is 40.7 Å². The standard InChI is InChI=1S/C15H19N3O3/c1-21-15(20)13-14-11(19)5-3-7-18(14)12(17-13)8-10-4-2-6-16-9-10/h3,5,7,10,16,19H,2,4,6,8-9H2,1H3. The maximum absolute atomic E-state index is 11.9. The number of carbonyl (C=O) groups is 1. The number of pyridine rings is 1. The highest BCUT2D eigenvalue weighted by molar-refractivity contribution is 5.96. The summed E-state index contributed by atoms with van der Waals surface area (Å²) in [5.41, 5.74) is 0.595. The summed E-state index contributed by atoms with van der Waals surface area (Å²) in [6.45, 7) is 2.02. The number of nitrogens with zero attached hydrogens (tertiary/aromatic N) is 2. The molecule has 0 radical (unpaired) electrons. The molecule has 0 aromatic carbocycles. The molecule has 2 aromatic heterocycles. The smallest absolute Gasteiger partial charge is 0.359 e. The van der Waals surface area contributed by atoms with Gasteiger partial charge in [0.1, 0.15) is 17.1 Å². The summed E-state index contributed by atoms with van der Waals surface area (Å²) in [6, 6.07) is 3.29. The molecule has 1 aliphatic heterocycles. The molecule has 0 bridgehead atoms. The summed E-state index contributed by atoms with van der Waals surface area (Å²) in [7, 11) is 1.32. The average Bonchev–Trinajstić information content (AvgIpc) is 2.88. The van der Waals surface area contributed by atoms with E-state index in [9.17, 15) is 9.90 Å². The van der Waals surface area contributed by atoms with Gasteiger partial charge < -0.3 is 15.2 Å². The maximum Gasteiger partial charge on any atom is 0.359 e. The van der Waals surface area contributed by atoms with Gasteiger partial charge in [-0.2, -0.15) is 0 Å². The first kappa shape index (κ1) is 13.9. The molecule has 3 heterocycles. The number of fused-ring (bicyclic) bond motifs is 1. The number of imidazole rings is 1. The van der Waals surface area contributed by atoms with Crippen molar-refractivity contribution in [2.45, 2.75) is 19.3 Å². The van der Waals surface area contributed by atoms with Gasteiger partial charge in [-0.15, -0.1) is 0 Å². The summed E-state index contributed by atoms with van der Waals surface area (Å²) in [6.07, 6.45) is 4.89. The van der Waals surface area contributed by atoms with Gasteiger partial charge in [-0.05, 0) is 44.0 Å². The fourth-order valence-electron chi connectivity index (χ4n) is 2.92. The van der Waals surface area contributed by atoms with Crippen molar-refractivity contribution in [3.63, 3.8) is 0 Å². The molecule has 1 fully saturated rings. The van der Waals surface area contributed by atoms with Gasteiger partial charge in [0, 0.05) is 12.6 Å². The number of nitrogens with one attached hydrogen (secondary N) is 1. The van der Waals surface area contributed by atoms with Crippen molar-refractivity contribution in [1.82, 2.24) is 14.7 Å². The van der Waals surface area contributed by atoms with Crippen molar-refractivity contribution in [1.29, 1.82) is 0 Å². The van der Waals surface area contributed by atoms with E-state index in [4.69, 9.17) is 4.74 Å². The predicted octanol–water partition coefficient (Wildman–Crippen LogP) is 1.37. The van der Waals surface area contributed by atoms with E-state index in [1.54, 1.807) is 16.5 Å². The molecule has 0 amide bonds. The second-order valence-electron chi connectivity index (χ2n) is 5.40. The van der Waals surface area contributed by atoms with Crippen LogP contribution in [0.5, 0.6) is 5.75 Å². The Kier molecular flexibility index (Phi) is 3.79. The van der Waals surface area contributed by atoms with Gasteiger partial charge in [-0.3, -0.25) is 4.40 Å². The zero-order valence-electron chi connectivity index (χ0n) is 12.0. The first-order chi connectivity index (χ1) is 10.2. The summed E-state index contributed by atoms with van der Waals surface area (Å²) >= 11 is 0. The number of rotatable bonds is 3. The third kappa shape index (κ3) is 2.58. The van der Waals surface area contributed by atoms with Crippen LogP contribution in [0.25, 0.3) is 5.52 Å². The van der Waals surface area contributed by atoms with Gasteiger partial charge in [0.25, 0.3) is 0 Å². The molecule has 6 nitrogen and oxygen atoms in total. The molecule has 3 rings (SSSR count). The number of piperidine rings is 1. The van der Waals surface area contributed by atoms with Crippen molar-refractivity contribution >= 4 is 11.5 Å². The Morgan fingerprint density at radius 1 is 1.62 bits per heavy atom. The van der Waals surface area contributed by atoms with E-state index in [-0.39, 0.29) is 11.4 Å². The zero-order chi connectivity index (χ0) is 14.8. The quantitative estimate of drug-likeness (QED) is 0.835. The Morgan fingerprint density at radius 3 is 3.19 bits per heavy atom. The minimum atomic E-state index is -0.526. The summed E-state index contributed by atoms with van der Waals surface area (Å²) in [4.78, 5) is 16.3. The first-order valence-corrected chi connectivity index (χ1v) is 7.18. The van der Waals surface area contributed by atoms with Crippen LogP contribution in [0.4, 0.5) is 0 Å². The van der Waals surface area contributed by atoms with E-state index in [0.717, 1.165) is 38.2 Å². The molecule has 6 heteroatoms. The van der Waals surface area contributed by atoms with Gasteiger partial charge in [-0.25, -0.2) is 9.78 Å². The summed E-state index contributed by atoms with van der Waals surface area (Å²) < 4.78 is 6.55. The Balaban J connectivity index is 2.02. The fourth-order valence-corrected chi connectivity index (χ4v) is 2.92. The van der Waals surface area contributed by atoms with Crippen LogP contribution in [-0.2, 0) is 11.2 Å². The second kappa shape index (κ2) is 5.73. The lowest BCUT2D eigenvalue weighted by Crippen LogP contribution is -2.31. The van der Waals surface area contributed by atoms with E-state index in [1.807, 2.05) is 6.20 Å². The van der Waals surface area contributed by atoms with E-state index >= 15 is 0 Å². The second-order valence-corrected chi connectivity index (χ2v) is 5.40. The number of ether oxygens (including phenoxy) is 1. The lowest BCUT2D eigenvalue weighted by atomic mass is 9.96. The lowest BCUT2D eigenvalue weighted by molar-refractivity contribution is 0.0596. The molecule has 21 heavy (non-hydrogen) atoms. The van der Waals surface area contributed by atoms with Crippen molar-refractivity contribution < 1.29 is 14.6 Å². The highest BCUT2D eigenvalue weighted by atomic mass is 16.5. The van der Waals surface area contributed by atoms with Crippen molar-refractivity contribution in [2.24, 2.45) is 5.92 Å². The molecule has 1 unspecified atom stereocenters. The number of hydrogen-bond acceptors (Lipinski definition) is 5. The number of hydrogen-bond donors (Lipinski definition) is 2. The zero-order valence-corrected chi connectivity index (χ0v) is 12.0. The molecule has 0 aliphatic carbocycles. The highest BCUT2D eigenvalue weighted by Crippen LogP contribution is 2.26. The van der Waals surface area contributed by atoms with Crippen LogP contribution in [0.15, 0.2) is 18.3 Å². The minimum absolute atomic E-state index is 0.0402. The van der Waals surface area contributed by atoms with E-state index in [1.165, 1.54) is 7.11 Å². The van der Waals surface area contributed by atoms with Gasteiger partial charge in [0.15, 0.2) is 5.69 Å². The summed E-state index contributed by atoms with van der Waals surface area (Å²) in [5.74, 6) is 0.799. The van der Waals surface area contributed by atoms with Crippen molar-refractivity contribution in [3.8, 4) is 5.75 Å². The van der Waals surface area contributed by atoms with Gasteiger partial charge in [0.05, 0.1) is 7.11 Å². The van der Waals surface area contributed by atoms with Crippen LogP contribution >= 0.6 is 0 Å². The molecule has 1 saturated heterocycles. The minimum Gasteiger partial charge on any atom is -0.506 e. The first-order valence-electron chi connectivity index (χ1n) is 7.18. The Labute approximate surface area is 122 Å². The molecule has 2 aromatic rings. The Bertz CT molecular complexity index is 659. The number of aromatic nitrogens is 2. The molecule has 1 atom stereocenters. The molecule has 2 N–H and O–H groups in total. The maximum atomic E-state index is 11.9. The average molecular weight is 289 g/mol. The molecule has 0 saturated carbocycles. The largest absolute Gasteiger partial charge is 0.506 e. The molecule has 112 valence electrons. The lowest BCUT2D eigenvalue weighted by Gasteiger charge is -2.21. The molecular weight excluding hydrogens is 270 g/mol. The predicted molar refractivity (Wildman–Crippen MR) is 77.5 cm³/mol. The SMILES string of the molecule is COC(=O)c1nc(CC2CCCNC2)n2cccc(O)c12. The normalized spacial score (nSPS) is 18.8. The molecular formula is C15H19N3O3. The number of esters is 1. The Hall–Kier alpha value is -2.08. The van der Waals surface area contributed by atoms with Crippen LogP contribution in [0.1, 0.15) is 29.2 Å². The topological polar surface area (TPSA) is 75.9 Å². The third-order valence-electron chi connectivity index (χ3n) is 3.96. The van der Waals surface area contributed by atoms with Crippen molar-refractivity contribution in [2.75, 3.05) is 20.2 Å². The number of methoxy groups -OCH3 is 1.